The number of phenolic OH excluding ortho intramolecular Hbond substituents is 1. The maximum Gasteiger partial charge on any atom is 0.161 e. The lowest BCUT2D eigenvalue weighted by Crippen LogP contribution is -2.11. The van der Waals surface area contributed by atoms with Gasteiger partial charge in [0, 0.05) is 0 Å². The van der Waals surface area contributed by atoms with Gasteiger partial charge in [-0.15, -0.1) is 0 Å². The Morgan fingerprint density at radius 3 is 2.69 bits per heavy atom. The van der Waals surface area contributed by atoms with Crippen molar-refractivity contribution in [3.05, 3.63) is 23.8 Å². The molecule has 3 N–H and O–H groups in total. The van der Waals surface area contributed by atoms with Crippen molar-refractivity contribution in [2.75, 3.05) is 6.54 Å². The highest BCUT2D eigenvalue weighted by molar-refractivity contribution is 5.42. The molecular formula is C13H19NO2. The van der Waals surface area contributed by atoms with Gasteiger partial charge in [0.1, 0.15) is 0 Å². The SMILES string of the molecule is NCCc1ccc(OC2CCCC2)c(O)c1. The van der Waals surface area contributed by atoms with Crippen LogP contribution in [0.3, 0.4) is 0 Å². The number of hydrogen-bond acceptors (Lipinski definition) is 3. The summed E-state index contributed by atoms with van der Waals surface area (Å²) in [7, 11) is 0. The van der Waals surface area contributed by atoms with Gasteiger partial charge in [-0.25, -0.2) is 0 Å². The molecule has 88 valence electrons. The Hall–Kier alpha value is -1.22. The second kappa shape index (κ2) is 5.21. The molecule has 0 amide bonds. The average Bonchev–Trinajstić information content (AvgIpc) is 2.75. The molecule has 0 spiro atoms. The van der Waals surface area contributed by atoms with Crippen molar-refractivity contribution in [3.8, 4) is 11.5 Å². The molecule has 0 aromatic heterocycles. The molecule has 1 aliphatic rings. The molecule has 1 fully saturated rings. The molecule has 0 aliphatic heterocycles. The number of hydrogen-bond donors (Lipinski definition) is 2. The van der Waals surface area contributed by atoms with E-state index >= 15 is 0 Å². The van der Waals surface area contributed by atoms with Crippen LogP contribution in [0.2, 0.25) is 0 Å². The van der Waals surface area contributed by atoms with Crippen LogP contribution in [0.5, 0.6) is 11.5 Å². The third-order valence-electron chi connectivity index (χ3n) is 3.05. The van der Waals surface area contributed by atoms with Crippen molar-refractivity contribution in [1.82, 2.24) is 0 Å². The van der Waals surface area contributed by atoms with Crippen LogP contribution >= 0.6 is 0 Å². The topological polar surface area (TPSA) is 55.5 Å². The summed E-state index contributed by atoms with van der Waals surface area (Å²) in [6.45, 7) is 0.599. The third kappa shape index (κ3) is 2.67. The Balaban J connectivity index is 2.03. The second-order valence-electron chi connectivity index (χ2n) is 4.37. The van der Waals surface area contributed by atoms with Crippen molar-refractivity contribution < 1.29 is 9.84 Å². The first-order valence-electron chi connectivity index (χ1n) is 5.98. The van der Waals surface area contributed by atoms with E-state index in [2.05, 4.69) is 0 Å². The molecule has 0 radical (unpaired) electrons. The Labute approximate surface area is 96.2 Å². The Morgan fingerprint density at radius 1 is 1.31 bits per heavy atom. The lowest BCUT2D eigenvalue weighted by molar-refractivity contribution is 0.202. The van der Waals surface area contributed by atoms with Gasteiger partial charge in [0.25, 0.3) is 0 Å². The van der Waals surface area contributed by atoms with Crippen molar-refractivity contribution in [3.63, 3.8) is 0 Å². The van der Waals surface area contributed by atoms with E-state index in [0.29, 0.717) is 12.3 Å². The maximum atomic E-state index is 9.81. The molecule has 1 aliphatic carbocycles. The predicted molar refractivity (Wildman–Crippen MR) is 63.7 cm³/mol. The molecule has 1 aromatic rings. The summed E-state index contributed by atoms with van der Waals surface area (Å²) in [5.41, 5.74) is 6.52. The molecule has 0 atom stereocenters. The Bertz CT molecular complexity index is 346. The van der Waals surface area contributed by atoms with Gasteiger partial charge in [-0.2, -0.15) is 0 Å². The van der Waals surface area contributed by atoms with Crippen LogP contribution in [0.4, 0.5) is 0 Å². The number of rotatable bonds is 4. The maximum absolute atomic E-state index is 9.81. The lowest BCUT2D eigenvalue weighted by Gasteiger charge is -2.14. The monoisotopic (exact) mass is 221 g/mol. The minimum Gasteiger partial charge on any atom is -0.504 e. The van der Waals surface area contributed by atoms with Crippen molar-refractivity contribution >= 4 is 0 Å². The number of benzene rings is 1. The van der Waals surface area contributed by atoms with Crippen LogP contribution in [0.1, 0.15) is 31.2 Å². The third-order valence-corrected chi connectivity index (χ3v) is 3.05. The van der Waals surface area contributed by atoms with Crippen molar-refractivity contribution in [2.24, 2.45) is 5.73 Å². The standard InChI is InChI=1S/C13H19NO2/c14-8-7-10-5-6-13(12(15)9-10)16-11-3-1-2-4-11/h5-6,9,11,15H,1-4,7-8,14H2. The van der Waals surface area contributed by atoms with Crippen LogP contribution in [-0.2, 0) is 6.42 Å². The van der Waals surface area contributed by atoms with E-state index in [4.69, 9.17) is 10.5 Å². The van der Waals surface area contributed by atoms with E-state index in [0.717, 1.165) is 24.8 Å². The summed E-state index contributed by atoms with van der Waals surface area (Å²) >= 11 is 0. The molecule has 16 heavy (non-hydrogen) atoms. The van der Waals surface area contributed by atoms with Crippen molar-refractivity contribution in [2.45, 2.75) is 38.2 Å². The largest absolute Gasteiger partial charge is 0.504 e. The first-order chi connectivity index (χ1) is 7.79. The van der Waals surface area contributed by atoms with E-state index in [9.17, 15) is 5.11 Å². The van der Waals surface area contributed by atoms with Crippen LogP contribution < -0.4 is 10.5 Å². The highest BCUT2D eigenvalue weighted by atomic mass is 16.5. The molecule has 0 unspecified atom stereocenters. The van der Waals surface area contributed by atoms with Gasteiger partial charge < -0.3 is 15.6 Å². The van der Waals surface area contributed by atoms with Gasteiger partial charge in [-0.1, -0.05) is 6.07 Å². The number of phenols is 1. The van der Waals surface area contributed by atoms with E-state index in [1.807, 2.05) is 12.1 Å². The zero-order valence-electron chi connectivity index (χ0n) is 9.48. The summed E-state index contributed by atoms with van der Waals surface area (Å²) in [6, 6.07) is 5.56. The summed E-state index contributed by atoms with van der Waals surface area (Å²) < 4.78 is 5.76. The normalized spacial score (nSPS) is 16.6. The van der Waals surface area contributed by atoms with Gasteiger partial charge >= 0.3 is 0 Å². The molecule has 0 bridgehead atoms. The van der Waals surface area contributed by atoms with Crippen LogP contribution in [-0.4, -0.2) is 17.8 Å². The minimum atomic E-state index is 0.234. The van der Waals surface area contributed by atoms with Gasteiger partial charge in [0.2, 0.25) is 0 Å². The second-order valence-corrected chi connectivity index (χ2v) is 4.37. The predicted octanol–water partition coefficient (Wildman–Crippen LogP) is 2.21. The number of aromatic hydroxyl groups is 1. The molecule has 0 heterocycles. The quantitative estimate of drug-likeness (QED) is 0.819. The summed E-state index contributed by atoms with van der Waals surface area (Å²) in [5.74, 6) is 0.838. The first-order valence-corrected chi connectivity index (χ1v) is 5.98. The summed E-state index contributed by atoms with van der Waals surface area (Å²) in [6.07, 6.45) is 5.74. The van der Waals surface area contributed by atoms with Crippen LogP contribution in [0, 0.1) is 0 Å². The Morgan fingerprint density at radius 2 is 2.06 bits per heavy atom. The van der Waals surface area contributed by atoms with Gasteiger partial charge in [-0.05, 0) is 56.3 Å². The summed E-state index contributed by atoms with van der Waals surface area (Å²) in [4.78, 5) is 0. The van der Waals surface area contributed by atoms with Crippen LogP contribution in [0.15, 0.2) is 18.2 Å². The average molecular weight is 221 g/mol. The summed E-state index contributed by atoms with van der Waals surface area (Å²) in [5, 5.41) is 9.81. The molecule has 0 saturated heterocycles. The van der Waals surface area contributed by atoms with E-state index in [1.165, 1.54) is 12.8 Å². The zero-order valence-corrected chi connectivity index (χ0v) is 9.48. The van der Waals surface area contributed by atoms with Gasteiger partial charge in [-0.3, -0.25) is 0 Å². The smallest absolute Gasteiger partial charge is 0.161 e. The molecule has 3 heteroatoms. The van der Waals surface area contributed by atoms with Crippen LogP contribution in [0.25, 0.3) is 0 Å². The lowest BCUT2D eigenvalue weighted by atomic mass is 10.1. The molecule has 2 rings (SSSR count). The fourth-order valence-electron chi connectivity index (χ4n) is 2.17. The fourth-order valence-corrected chi connectivity index (χ4v) is 2.17. The first kappa shape index (κ1) is 11.3. The van der Waals surface area contributed by atoms with Crippen molar-refractivity contribution in [1.29, 1.82) is 0 Å². The van der Waals surface area contributed by atoms with Gasteiger partial charge in [0.15, 0.2) is 11.5 Å². The molecule has 1 aromatic carbocycles. The molecule has 1 saturated carbocycles. The molecular weight excluding hydrogens is 202 g/mol. The zero-order chi connectivity index (χ0) is 11.4. The molecule has 3 nitrogen and oxygen atoms in total. The Kier molecular flexibility index (Phi) is 3.67. The minimum absolute atomic E-state index is 0.234. The number of nitrogens with two attached hydrogens (primary N) is 1. The highest BCUT2D eigenvalue weighted by Gasteiger charge is 2.17. The number of ether oxygens (including phenoxy) is 1. The highest BCUT2D eigenvalue weighted by Crippen LogP contribution is 2.31. The fraction of sp³-hybridized carbons (Fsp3) is 0.538. The van der Waals surface area contributed by atoms with Gasteiger partial charge in [0.05, 0.1) is 6.10 Å². The van der Waals surface area contributed by atoms with E-state index < -0.39 is 0 Å². The van der Waals surface area contributed by atoms with E-state index in [-0.39, 0.29) is 11.9 Å². The van der Waals surface area contributed by atoms with E-state index in [1.54, 1.807) is 6.07 Å².